The Hall–Kier alpha value is -3.36. The average molecular weight is 598 g/mol. The number of halogens is 1. The highest BCUT2D eigenvalue weighted by Crippen LogP contribution is 2.28. The molecule has 0 radical (unpaired) electrons. The molecule has 41 heavy (non-hydrogen) atoms. The molecule has 1 N–H and O–H groups in total. The van der Waals surface area contributed by atoms with Gasteiger partial charge in [0.05, 0.1) is 10.6 Å². The van der Waals surface area contributed by atoms with Gasteiger partial charge in [0.15, 0.2) is 0 Å². The topological polar surface area (TPSA) is 86.8 Å². The van der Waals surface area contributed by atoms with Gasteiger partial charge in [-0.05, 0) is 68.0 Å². The number of anilines is 1. The van der Waals surface area contributed by atoms with E-state index in [4.69, 9.17) is 11.6 Å². The van der Waals surface area contributed by atoms with Gasteiger partial charge < -0.3 is 10.2 Å². The molecule has 9 heteroatoms. The smallest absolute Gasteiger partial charge is 0.264 e. The van der Waals surface area contributed by atoms with Crippen molar-refractivity contribution in [3.63, 3.8) is 0 Å². The van der Waals surface area contributed by atoms with Crippen LogP contribution in [0.15, 0.2) is 77.7 Å². The fourth-order valence-corrected chi connectivity index (χ4v) is 6.00. The minimum atomic E-state index is -4.14. The second-order valence-electron chi connectivity index (χ2n) is 10.6. The third-order valence-corrected chi connectivity index (χ3v) is 9.08. The minimum absolute atomic E-state index is 0.0603. The van der Waals surface area contributed by atoms with Gasteiger partial charge in [0, 0.05) is 18.1 Å². The number of nitrogens with zero attached hydrogens (tertiary/aromatic N) is 2. The lowest BCUT2D eigenvalue weighted by atomic mass is 10.1. The monoisotopic (exact) mass is 597 g/mol. The number of carbonyl (C=O) groups is 2. The first-order valence-corrected chi connectivity index (χ1v) is 15.7. The number of sulfonamides is 1. The first-order chi connectivity index (χ1) is 19.4. The second kappa shape index (κ2) is 14.5. The molecule has 7 nitrogen and oxygen atoms in total. The molecule has 1 atom stereocenters. The molecule has 220 valence electrons. The standard InChI is InChI=1S/C32H40ClN3O4S/c1-6-30(32(38)34-21-23(2)3)35(19-18-26-10-8-7-9-11-26)31(37)22-36(27-15-14-25(5)29(33)20-27)41(39,40)28-16-12-24(4)13-17-28/h7-17,20,23,30H,6,18-19,21-22H2,1-5H3,(H,34,38). The Balaban J connectivity index is 2.02. The van der Waals surface area contributed by atoms with Crippen LogP contribution >= 0.6 is 11.6 Å². The first-order valence-electron chi connectivity index (χ1n) is 13.9. The van der Waals surface area contributed by atoms with Crippen LogP contribution in [0.25, 0.3) is 0 Å². The molecule has 3 aromatic carbocycles. The van der Waals surface area contributed by atoms with Crippen molar-refractivity contribution in [2.45, 2.75) is 58.4 Å². The number of aryl methyl sites for hydroxylation is 2. The molecule has 3 rings (SSSR count). The highest BCUT2D eigenvalue weighted by Gasteiger charge is 2.33. The van der Waals surface area contributed by atoms with Gasteiger partial charge in [0.25, 0.3) is 10.0 Å². The van der Waals surface area contributed by atoms with Crippen LogP contribution in [0, 0.1) is 19.8 Å². The summed E-state index contributed by atoms with van der Waals surface area (Å²) in [6.07, 6.45) is 0.896. The molecule has 0 bridgehead atoms. The third-order valence-electron chi connectivity index (χ3n) is 6.89. The zero-order valence-electron chi connectivity index (χ0n) is 24.4. The zero-order valence-corrected chi connectivity index (χ0v) is 26.0. The van der Waals surface area contributed by atoms with E-state index in [1.165, 1.54) is 17.0 Å². The van der Waals surface area contributed by atoms with E-state index in [1.807, 2.05) is 65.0 Å². The van der Waals surface area contributed by atoms with E-state index in [1.54, 1.807) is 30.3 Å². The van der Waals surface area contributed by atoms with Crippen molar-refractivity contribution in [3.05, 3.63) is 94.5 Å². The molecule has 0 saturated carbocycles. The summed E-state index contributed by atoms with van der Waals surface area (Å²) in [5.74, 6) is -0.486. The Labute approximate surface area is 249 Å². The fraction of sp³-hybridized carbons (Fsp3) is 0.375. The summed E-state index contributed by atoms with van der Waals surface area (Å²) in [4.78, 5) is 28.9. The van der Waals surface area contributed by atoms with Crippen LogP contribution in [0.5, 0.6) is 0 Å². The minimum Gasteiger partial charge on any atom is -0.354 e. The molecule has 2 amide bonds. The van der Waals surface area contributed by atoms with Gasteiger partial charge in [-0.1, -0.05) is 86.5 Å². The number of carbonyl (C=O) groups excluding carboxylic acids is 2. The number of hydrogen-bond donors (Lipinski definition) is 1. The Kier molecular flexibility index (Phi) is 11.4. The molecular weight excluding hydrogens is 558 g/mol. The van der Waals surface area contributed by atoms with E-state index in [2.05, 4.69) is 5.32 Å². The molecule has 0 saturated heterocycles. The molecule has 1 unspecified atom stereocenters. The van der Waals surface area contributed by atoms with Gasteiger partial charge in [-0.2, -0.15) is 0 Å². The SMILES string of the molecule is CCC(C(=O)NCC(C)C)N(CCc1ccccc1)C(=O)CN(c1ccc(C)c(Cl)c1)S(=O)(=O)c1ccc(C)cc1. The fourth-order valence-electron chi connectivity index (χ4n) is 4.42. The zero-order chi connectivity index (χ0) is 30.2. The van der Waals surface area contributed by atoms with Crippen molar-refractivity contribution in [2.24, 2.45) is 5.92 Å². The van der Waals surface area contributed by atoms with E-state index >= 15 is 0 Å². The van der Waals surface area contributed by atoms with E-state index in [-0.39, 0.29) is 29.0 Å². The van der Waals surface area contributed by atoms with Crippen LogP contribution in [0.2, 0.25) is 5.02 Å². The summed E-state index contributed by atoms with van der Waals surface area (Å²) >= 11 is 6.40. The van der Waals surface area contributed by atoms with Crippen LogP contribution in [-0.4, -0.2) is 50.8 Å². The van der Waals surface area contributed by atoms with Crippen molar-refractivity contribution >= 4 is 39.1 Å². The third kappa shape index (κ3) is 8.57. The van der Waals surface area contributed by atoms with Gasteiger partial charge >= 0.3 is 0 Å². The van der Waals surface area contributed by atoms with Gasteiger partial charge in [-0.3, -0.25) is 13.9 Å². The first kappa shape index (κ1) is 32.2. The molecular formula is C32H40ClN3O4S. The van der Waals surface area contributed by atoms with E-state index < -0.39 is 28.5 Å². The largest absolute Gasteiger partial charge is 0.354 e. The lowest BCUT2D eigenvalue weighted by Crippen LogP contribution is -2.53. The second-order valence-corrected chi connectivity index (χ2v) is 12.9. The summed E-state index contributed by atoms with van der Waals surface area (Å²) in [5.41, 5.74) is 2.98. The van der Waals surface area contributed by atoms with E-state index in [0.717, 1.165) is 21.0 Å². The molecule has 0 aliphatic carbocycles. The molecule has 0 spiro atoms. The van der Waals surface area contributed by atoms with Crippen LogP contribution in [-0.2, 0) is 26.0 Å². The molecule has 0 heterocycles. The number of benzene rings is 3. The highest BCUT2D eigenvalue weighted by atomic mass is 35.5. The number of hydrogen-bond acceptors (Lipinski definition) is 4. The van der Waals surface area contributed by atoms with Gasteiger partial charge in [0.2, 0.25) is 11.8 Å². The van der Waals surface area contributed by atoms with Gasteiger partial charge in [-0.15, -0.1) is 0 Å². The normalized spacial score (nSPS) is 12.2. The molecule has 0 aliphatic heterocycles. The summed E-state index contributed by atoms with van der Waals surface area (Å²) < 4.78 is 29.0. The Morgan fingerprint density at radius 1 is 0.951 bits per heavy atom. The van der Waals surface area contributed by atoms with Crippen LogP contribution in [0.4, 0.5) is 5.69 Å². The summed E-state index contributed by atoms with van der Waals surface area (Å²) in [6.45, 7) is 9.79. The summed E-state index contributed by atoms with van der Waals surface area (Å²) in [7, 11) is -4.14. The van der Waals surface area contributed by atoms with Crippen molar-refractivity contribution in [3.8, 4) is 0 Å². The Bertz CT molecular complexity index is 1430. The predicted molar refractivity (Wildman–Crippen MR) is 166 cm³/mol. The lowest BCUT2D eigenvalue weighted by Gasteiger charge is -2.33. The van der Waals surface area contributed by atoms with Crippen LogP contribution < -0.4 is 9.62 Å². The average Bonchev–Trinajstić information content (AvgIpc) is 2.94. The summed E-state index contributed by atoms with van der Waals surface area (Å²) in [5, 5.41) is 3.33. The quantitative estimate of drug-likeness (QED) is 0.271. The van der Waals surface area contributed by atoms with E-state index in [0.29, 0.717) is 24.4 Å². The Morgan fingerprint density at radius 2 is 1.61 bits per heavy atom. The maximum absolute atomic E-state index is 14.1. The molecule has 0 fully saturated rings. The van der Waals surface area contributed by atoms with Crippen molar-refractivity contribution in [2.75, 3.05) is 23.9 Å². The van der Waals surface area contributed by atoms with Crippen molar-refractivity contribution < 1.29 is 18.0 Å². The summed E-state index contributed by atoms with van der Waals surface area (Å²) in [6, 6.07) is 20.3. The Morgan fingerprint density at radius 3 is 2.20 bits per heavy atom. The predicted octanol–water partition coefficient (Wildman–Crippen LogP) is 5.77. The maximum atomic E-state index is 14.1. The van der Waals surface area contributed by atoms with E-state index in [9.17, 15) is 18.0 Å². The molecule has 0 aliphatic rings. The maximum Gasteiger partial charge on any atom is 0.264 e. The number of nitrogens with one attached hydrogen (secondary N) is 1. The van der Waals surface area contributed by atoms with Gasteiger partial charge in [0.1, 0.15) is 12.6 Å². The highest BCUT2D eigenvalue weighted by molar-refractivity contribution is 7.92. The van der Waals surface area contributed by atoms with Crippen LogP contribution in [0.3, 0.4) is 0 Å². The van der Waals surface area contributed by atoms with Gasteiger partial charge in [-0.25, -0.2) is 8.42 Å². The molecule has 0 aromatic heterocycles. The van der Waals surface area contributed by atoms with Crippen LogP contribution in [0.1, 0.15) is 43.9 Å². The molecule has 3 aromatic rings. The number of amides is 2. The van der Waals surface area contributed by atoms with Crippen molar-refractivity contribution in [1.82, 2.24) is 10.2 Å². The van der Waals surface area contributed by atoms with Crippen molar-refractivity contribution in [1.29, 1.82) is 0 Å². The number of rotatable bonds is 13. The lowest BCUT2D eigenvalue weighted by molar-refractivity contribution is -0.139.